The number of nitrogens with zero attached hydrogens (tertiary/aromatic N) is 3. The lowest BCUT2D eigenvalue weighted by Gasteiger charge is -2.17. The maximum absolute atomic E-state index is 4.99. The predicted molar refractivity (Wildman–Crippen MR) is 235 cm³/mol. The quantitative estimate of drug-likeness (QED) is 0.167. The molecule has 0 aliphatic carbocycles. The van der Waals surface area contributed by atoms with Crippen LogP contribution in [0.4, 0.5) is 0 Å². The minimum atomic E-state index is 0.643. The predicted octanol–water partition coefficient (Wildman–Crippen LogP) is 14.0. The van der Waals surface area contributed by atoms with Crippen molar-refractivity contribution >= 4 is 53.9 Å². The van der Waals surface area contributed by atoms with Gasteiger partial charge < -0.3 is 0 Å². The third-order valence-electron chi connectivity index (χ3n) is 11.1. The molecule has 10 aromatic carbocycles. The van der Waals surface area contributed by atoms with E-state index in [2.05, 4.69) is 140 Å². The van der Waals surface area contributed by atoms with Gasteiger partial charge in [-0.15, -0.1) is 0 Å². The number of fused-ring (bicyclic) bond motifs is 11. The third kappa shape index (κ3) is 5.32. The number of hydrogen-bond acceptors (Lipinski definition) is 3. The first-order valence-electron chi connectivity index (χ1n) is 19.0. The van der Waals surface area contributed by atoms with Gasteiger partial charge in [0.15, 0.2) is 17.5 Å². The van der Waals surface area contributed by atoms with Crippen molar-refractivity contribution in [1.82, 2.24) is 15.0 Å². The van der Waals surface area contributed by atoms with Gasteiger partial charge in [-0.3, -0.25) is 0 Å². The van der Waals surface area contributed by atoms with Crippen molar-refractivity contribution < 1.29 is 0 Å². The second kappa shape index (κ2) is 13.1. The van der Waals surface area contributed by atoms with Crippen LogP contribution in [0.5, 0.6) is 0 Å². The van der Waals surface area contributed by atoms with Crippen LogP contribution in [0.25, 0.3) is 110 Å². The number of rotatable bonds is 5. The van der Waals surface area contributed by atoms with Crippen molar-refractivity contribution in [2.24, 2.45) is 0 Å². The lowest BCUT2D eigenvalue weighted by molar-refractivity contribution is 1.07. The molecule has 1 aromatic heterocycles. The smallest absolute Gasteiger partial charge is 0.164 e. The maximum atomic E-state index is 4.99. The first-order chi connectivity index (χ1) is 27.8. The van der Waals surface area contributed by atoms with E-state index in [0.29, 0.717) is 17.5 Å². The van der Waals surface area contributed by atoms with E-state index in [9.17, 15) is 0 Å². The first-order valence-corrected chi connectivity index (χ1v) is 19.0. The molecule has 0 unspecified atom stereocenters. The van der Waals surface area contributed by atoms with Crippen LogP contribution in [0.1, 0.15) is 0 Å². The van der Waals surface area contributed by atoms with Crippen molar-refractivity contribution in [1.29, 1.82) is 0 Å². The van der Waals surface area contributed by atoms with Crippen LogP contribution < -0.4 is 0 Å². The van der Waals surface area contributed by atoms with Gasteiger partial charge in [-0.25, -0.2) is 15.0 Å². The summed E-state index contributed by atoms with van der Waals surface area (Å²) in [5, 5.41) is 12.9. The molecule has 11 aromatic rings. The molecule has 3 heteroatoms. The second-order valence-electron chi connectivity index (χ2n) is 14.3. The molecule has 0 radical (unpaired) electrons. The van der Waals surface area contributed by atoms with Gasteiger partial charge in [0.1, 0.15) is 0 Å². The minimum Gasteiger partial charge on any atom is -0.208 e. The van der Waals surface area contributed by atoms with Gasteiger partial charge in [0.2, 0.25) is 0 Å². The Morgan fingerprint density at radius 2 is 0.518 bits per heavy atom. The first kappa shape index (κ1) is 32.0. The summed E-state index contributed by atoms with van der Waals surface area (Å²) in [6.07, 6.45) is 0. The van der Waals surface area contributed by atoms with Gasteiger partial charge in [0, 0.05) is 16.7 Å². The normalized spacial score (nSPS) is 11.6. The van der Waals surface area contributed by atoms with Crippen LogP contribution in [0, 0.1) is 0 Å². The van der Waals surface area contributed by atoms with Crippen LogP contribution in [0.2, 0.25) is 0 Å². The largest absolute Gasteiger partial charge is 0.208 e. The van der Waals surface area contributed by atoms with Gasteiger partial charge in [-0.1, -0.05) is 182 Å². The molecular weight excluding hydrogens is 679 g/mol. The summed E-state index contributed by atoms with van der Waals surface area (Å²) in [5.74, 6) is 1.95. The molecule has 0 saturated heterocycles. The fourth-order valence-electron chi connectivity index (χ4n) is 8.46. The molecule has 1 heterocycles. The van der Waals surface area contributed by atoms with E-state index in [4.69, 9.17) is 15.0 Å². The van der Waals surface area contributed by atoms with Crippen molar-refractivity contribution in [3.8, 4) is 56.4 Å². The zero-order valence-electron chi connectivity index (χ0n) is 30.4. The van der Waals surface area contributed by atoms with Crippen LogP contribution in [-0.4, -0.2) is 15.0 Å². The maximum Gasteiger partial charge on any atom is 0.164 e. The van der Waals surface area contributed by atoms with Crippen molar-refractivity contribution in [2.75, 3.05) is 0 Å². The molecule has 0 aliphatic heterocycles. The lowest BCUT2D eigenvalue weighted by atomic mass is 9.86. The van der Waals surface area contributed by atoms with Crippen LogP contribution in [-0.2, 0) is 0 Å². The number of benzene rings is 10. The molecule has 0 fully saturated rings. The topological polar surface area (TPSA) is 38.7 Å². The Morgan fingerprint density at radius 1 is 0.196 bits per heavy atom. The Labute approximate surface area is 324 Å². The van der Waals surface area contributed by atoms with Crippen molar-refractivity contribution in [3.05, 3.63) is 200 Å². The molecule has 56 heavy (non-hydrogen) atoms. The molecule has 0 bridgehead atoms. The van der Waals surface area contributed by atoms with Gasteiger partial charge in [-0.2, -0.15) is 0 Å². The molecule has 0 amide bonds. The van der Waals surface area contributed by atoms with Gasteiger partial charge in [0.05, 0.1) is 0 Å². The Kier molecular flexibility index (Phi) is 7.49. The molecule has 0 atom stereocenters. The van der Waals surface area contributed by atoms with Gasteiger partial charge >= 0.3 is 0 Å². The molecule has 0 aliphatic rings. The molecule has 3 nitrogen and oxygen atoms in total. The lowest BCUT2D eigenvalue weighted by Crippen LogP contribution is -2.00. The summed E-state index contributed by atoms with van der Waals surface area (Å²) < 4.78 is 0. The Bertz CT molecular complexity index is 3240. The van der Waals surface area contributed by atoms with Crippen molar-refractivity contribution in [2.45, 2.75) is 0 Å². The van der Waals surface area contributed by atoms with E-state index in [-0.39, 0.29) is 0 Å². The summed E-state index contributed by atoms with van der Waals surface area (Å²) in [6, 6.07) is 71.2. The highest BCUT2D eigenvalue weighted by molar-refractivity contribution is 6.39. The van der Waals surface area contributed by atoms with Gasteiger partial charge in [-0.05, 0) is 94.3 Å². The Balaban J connectivity index is 1.05. The molecule has 0 spiro atoms. The monoisotopic (exact) mass is 711 g/mol. The fourth-order valence-corrected chi connectivity index (χ4v) is 8.46. The molecule has 0 saturated carbocycles. The van der Waals surface area contributed by atoms with E-state index in [1.807, 2.05) is 60.7 Å². The van der Waals surface area contributed by atoms with Crippen LogP contribution >= 0.6 is 0 Å². The highest BCUT2D eigenvalue weighted by atomic mass is 15.0. The summed E-state index contributed by atoms with van der Waals surface area (Å²) in [5.41, 5.74) is 7.43. The summed E-state index contributed by atoms with van der Waals surface area (Å²) in [7, 11) is 0. The van der Waals surface area contributed by atoms with Crippen molar-refractivity contribution in [3.63, 3.8) is 0 Å². The summed E-state index contributed by atoms with van der Waals surface area (Å²) in [6.45, 7) is 0. The summed E-state index contributed by atoms with van der Waals surface area (Å²) in [4.78, 5) is 14.9. The Morgan fingerprint density at radius 3 is 1.00 bits per heavy atom. The molecule has 0 N–H and O–H groups in total. The molecular formula is C53H33N3. The SMILES string of the molecule is c1ccc(-c2nc(-c3ccccc3)nc(-c3cccc(-c4cccc(-c5ccc6c(c5)c5ccccc5c5c7ccccc7c7ccccc7c65)c4)c3)n2)cc1. The van der Waals surface area contributed by atoms with Gasteiger partial charge in [0.25, 0.3) is 0 Å². The zero-order valence-corrected chi connectivity index (χ0v) is 30.4. The van der Waals surface area contributed by atoms with E-state index in [0.717, 1.165) is 27.8 Å². The number of aromatic nitrogens is 3. The summed E-state index contributed by atoms with van der Waals surface area (Å²) >= 11 is 0. The molecule has 11 rings (SSSR count). The average Bonchev–Trinajstić information content (AvgIpc) is 3.29. The van der Waals surface area contributed by atoms with E-state index in [1.165, 1.54) is 65.0 Å². The molecule has 260 valence electrons. The highest BCUT2D eigenvalue weighted by Gasteiger charge is 2.17. The minimum absolute atomic E-state index is 0.643. The third-order valence-corrected chi connectivity index (χ3v) is 11.1. The van der Waals surface area contributed by atoms with E-state index >= 15 is 0 Å². The van der Waals surface area contributed by atoms with E-state index in [1.54, 1.807) is 0 Å². The standard InChI is InChI=1S/C53H33N3/c1-3-15-34(16-4-1)51-54-52(35-17-5-2-6-18-35)56-53(55-51)40-22-14-21-38(32-40)36-19-13-20-37(31-36)39-29-30-47-48(33-39)43-25-9-12-28-46(43)49-44-26-10-7-23-41(44)42-24-8-11-27-45(42)50(47)49/h1-33H. The van der Waals surface area contributed by atoms with E-state index < -0.39 is 0 Å². The zero-order chi connectivity index (χ0) is 37.0. The highest BCUT2D eigenvalue weighted by Crippen LogP contribution is 2.44. The van der Waals surface area contributed by atoms with Crippen LogP contribution in [0.15, 0.2) is 200 Å². The fraction of sp³-hybridized carbons (Fsp3) is 0. The number of hydrogen-bond donors (Lipinski definition) is 0. The Hall–Kier alpha value is -7.49. The second-order valence-corrected chi connectivity index (χ2v) is 14.3. The average molecular weight is 712 g/mol. The van der Waals surface area contributed by atoms with Crippen LogP contribution in [0.3, 0.4) is 0 Å².